The number of anilines is 2. The summed E-state index contributed by atoms with van der Waals surface area (Å²) in [6.45, 7) is 3.60. The van der Waals surface area contributed by atoms with Gasteiger partial charge < -0.3 is 20.1 Å². The van der Waals surface area contributed by atoms with E-state index < -0.39 is 0 Å². The lowest BCUT2D eigenvalue weighted by atomic mass is 10.0. The molecule has 21 heavy (non-hydrogen) atoms. The lowest BCUT2D eigenvalue weighted by Gasteiger charge is -2.39. The molecule has 2 fully saturated rings. The number of ether oxygens (including phenoxy) is 2. The third-order valence-corrected chi connectivity index (χ3v) is 4.22. The van der Waals surface area contributed by atoms with Crippen molar-refractivity contribution in [2.45, 2.75) is 12.0 Å². The highest BCUT2D eigenvalue weighted by Gasteiger charge is 2.41. The highest BCUT2D eigenvalue weighted by molar-refractivity contribution is 5.88. The van der Waals surface area contributed by atoms with Crippen molar-refractivity contribution in [3.05, 3.63) is 24.3 Å². The van der Waals surface area contributed by atoms with Crippen LogP contribution >= 0.6 is 0 Å². The van der Waals surface area contributed by atoms with Gasteiger partial charge in [-0.2, -0.15) is 4.98 Å². The van der Waals surface area contributed by atoms with E-state index in [1.807, 2.05) is 24.3 Å². The number of fused-ring (bicyclic) bond motifs is 1. The van der Waals surface area contributed by atoms with Gasteiger partial charge in [0.05, 0.1) is 25.3 Å². The van der Waals surface area contributed by atoms with Crippen molar-refractivity contribution in [1.82, 2.24) is 9.97 Å². The van der Waals surface area contributed by atoms with Gasteiger partial charge in [0.25, 0.3) is 0 Å². The van der Waals surface area contributed by atoms with Crippen LogP contribution in [0.4, 0.5) is 11.8 Å². The maximum absolute atomic E-state index is 6.07. The maximum Gasteiger partial charge on any atom is 0.228 e. The molecule has 1 aromatic carbocycles. The third kappa shape index (κ3) is 2.20. The molecule has 110 valence electrons. The van der Waals surface area contributed by atoms with Crippen molar-refractivity contribution in [3.8, 4) is 0 Å². The monoisotopic (exact) mass is 286 g/mol. The molecule has 3 heterocycles. The highest BCUT2D eigenvalue weighted by Crippen LogP contribution is 2.30. The molecule has 2 aromatic rings. The fraction of sp³-hybridized carbons (Fsp3) is 0.467. The molecule has 1 spiro atoms. The summed E-state index contributed by atoms with van der Waals surface area (Å²) in [6, 6.07) is 7.82. The number of nitrogens with zero attached hydrogens (tertiary/aromatic N) is 3. The average molecular weight is 286 g/mol. The predicted octanol–water partition coefficient (Wildman–Crippen LogP) is 1.21. The number of rotatable bonds is 1. The van der Waals surface area contributed by atoms with Crippen LogP contribution < -0.4 is 10.6 Å². The average Bonchev–Trinajstić information content (AvgIpc) is 2.95. The topological polar surface area (TPSA) is 73.5 Å². The summed E-state index contributed by atoms with van der Waals surface area (Å²) in [7, 11) is 0. The quantitative estimate of drug-likeness (QED) is 0.849. The second kappa shape index (κ2) is 4.82. The Hall–Kier alpha value is -1.92. The molecule has 2 N–H and O–H groups in total. The fourth-order valence-electron chi connectivity index (χ4n) is 3.07. The van der Waals surface area contributed by atoms with E-state index in [1.165, 1.54) is 0 Å². The van der Waals surface area contributed by atoms with Crippen LogP contribution in [0.25, 0.3) is 10.9 Å². The van der Waals surface area contributed by atoms with E-state index in [2.05, 4.69) is 14.9 Å². The molecule has 2 aliphatic rings. The zero-order chi connectivity index (χ0) is 14.3. The van der Waals surface area contributed by atoms with Gasteiger partial charge in [-0.3, -0.25) is 0 Å². The van der Waals surface area contributed by atoms with Crippen molar-refractivity contribution in [1.29, 1.82) is 0 Å². The summed E-state index contributed by atoms with van der Waals surface area (Å²) in [5.41, 5.74) is 6.75. The molecule has 0 amide bonds. The molecule has 1 unspecified atom stereocenters. The first-order chi connectivity index (χ1) is 10.3. The SMILES string of the molecule is Nc1nc(N2CCOC3(CCOC3)C2)nc2ccccc12. The first-order valence-corrected chi connectivity index (χ1v) is 7.25. The van der Waals surface area contributed by atoms with E-state index in [-0.39, 0.29) is 5.60 Å². The van der Waals surface area contributed by atoms with E-state index in [4.69, 9.17) is 15.2 Å². The van der Waals surface area contributed by atoms with E-state index in [1.54, 1.807) is 0 Å². The van der Waals surface area contributed by atoms with Crippen LogP contribution in [0.5, 0.6) is 0 Å². The number of hydrogen-bond donors (Lipinski definition) is 1. The molecule has 4 rings (SSSR count). The van der Waals surface area contributed by atoms with E-state index in [0.29, 0.717) is 25.0 Å². The zero-order valence-corrected chi connectivity index (χ0v) is 11.8. The van der Waals surface area contributed by atoms with Gasteiger partial charge in [0.15, 0.2) is 0 Å². The molecule has 2 aliphatic heterocycles. The molecule has 0 radical (unpaired) electrons. The van der Waals surface area contributed by atoms with Gasteiger partial charge in [-0.1, -0.05) is 12.1 Å². The van der Waals surface area contributed by atoms with E-state index >= 15 is 0 Å². The largest absolute Gasteiger partial charge is 0.383 e. The molecule has 0 aliphatic carbocycles. The van der Waals surface area contributed by atoms with Gasteiger partial charge in [-0.15, -0.1) is 0 Å². The van der Waals surface area contributed by atoms with Crippen molar-refractivity contribution in [2.75, 3.05) is 43.5 Å². The first kappa shape index (κ1) is 12.8. The van der Waals surface area contributed by atoms with E-state index in [9.17, 15) is 0 Å². The Morgan fingerprint density at radius 3 is 2.95 bits per heavy atom. The van der Waals surface area contributed by atoms with Crippen LogP contribution in [0, 0.1) is 0 Å². The minimum atomic E-state index is -0.206. The van der Waals surface area contributed by atoms with Gasteiger partial charge in [0, 0.05) is 25.0 Å². The Labute approximate surface area is 122 Å². The summed E-state index contributed by atoms with van der Waals surface area (Å²) in [4.78, 5) is 11.3. The van der Waals surface area contributed by atoms with Crippen LogP contribution in [-0.2, 0) is 9.47 Å². The van der Waals surface area contributed by atoms with Gasteiger partial charge >= 0.3 is 0 Å². The van der Waals surface area contributed by atoms with Crippen LogP contribution in [0.2, 0.25) is 0 Å². The molecule has 0 saturated carbocycles. The lowest BCUT2D eigenvalue weighted by molar-refractivity contribution is -0.0583. The summed E-state index contributed by atoms with van der Waals surface area (Å²) in [5, 5.41) is 0.897. The summed E-state index contributed by atoms with van der Waals surface area (Å²) < 4.78 is 11.4. The Balaban J connectivity index is 1.69. The molecule has 0 bridgehead atoms. The number of morpholine rings is 1. The summed E-state index contributed by atoms with van der Waals surface area (Å²) in [6.07, 6.45) is 0.923. The number of hydrogen-bond acceptors (Lipinski definition) is 6. The Bertz CT molecular complexity index is 670. The van der Waals surface area contributed by atoms with E-state index in [0.717, 1.165) is 37.0 Å². The van der Waals surface area contributed by atoms with Crippen LogP contribution in [-0.4, -0.2) is 48.5 Å². The minimum Gasteiger partial charge on any atom is -0.383 e. The Kier molecular flexibility index (Phi) is 2.94. The molecule has 2 saturated heterocycles. The fourth-order valence-corrected chi connectivity index (χ4v) is 3.07. The number of benzene rings is 1. The Morgan fingerprint density at radius 2 is 2.10 bits per heavy atom. The molecular weight excluding hydrogens is 268 g/mol. The smallest absolute Gasteiger partial charge is 0.228 e. The number of aromatic nitrogens is 2. The number of nitrogen functional groups attached to an aromatic ring is 1. The van der Waals surface area contributed by atoms with Crippen molar-refractivity contribution < 1.29 is 9.47 Å². The van der Waals surface area contributed by atoms with Crippen LogP contribution in [0.1, 0.15) is 6.42 Å². The molecule has 6 nitrogen and oxygen atoms in total. The summed E-state index contributed by atoms with van der Waals surface area (Å²) in [5.74, 6) is 1.21. The second-order valence-electron chi connectivity index (χ2n) is 5.68. The van der Waals surface area contributed by atoms with Gasteiger partial charge in [-0.25, -0.2) is 4.98 Å². The normalized spacial score (nSPS) is 25.8. The molecule has 1 atom stereocenters. The van der Waals surface area contributed by atoms with Crippen molar-refractivity contribution in [2.24, 2.45) is 0 Å². The standard InChI is InChI=1S/C15H18N4O2/c16-13-11-3-1-2-4-12(11)17-14(18-13)19-6-8-21-15(9-19)5-7-20-10-15/h1-4H,5-10H2,(H2,16,17,18). The van der Waals surface area contributed by atoms with Crippen LogP contribution in [0.15, 0.2) is 24.3 Å². The predicted molar refractivity (Wildman–Crippen MR) is 80.3 cm³/mol. The second-order valence-corrected chi connectivity index (χ2v) is 5.68. The number of nitrogens with two attached hydrogens (primary N) is 1. The van der Waals surface area contributed by atoms with Gasteiger partial charge in [0.1, 0.15) is 11.4 Å². The minimum absolute atomic E-state index is 0.206. The Morgan fingerprint density at radius 1 is 1.19 bits per heavy atom. The maximum atomic E-state index is 6.07. The van der Waals surface area contributed by atoms with Crippen molar-refractivity contribution >= 4 is 22.7 Å². The summed E-state index contributed by atoms with van der Waals surface area (Å²) >= 11 is 0. The molecule has 6 heteroatoms. The lowest BCUT2D eigenvalue weighted by Crippen LogP contribution is -2.53. The molecular formula is C15H18N4O2. The first-order valence-electron chi connectivity index (χ1n) is 7.25. The zero-order valence-electron chi connectivity index (χ0n) is 11.8. The number of para-hydroxylation sites is 1. The van der Waals surface area contributed by atoms with Gasteiger partial charge in [0.2, 0.25) is 5.95 Å². The molecule has 1 aromatic heterocycles. The highest BCUT2D eigenvalue weighted by atomic mass is 16.6. The third-order valence-electron chi connectivity index (χ3n) is 4.22. The van der Waals surface area contributed by atoms with Crippen molar-refractivity contribution in [3.63, 3.8) is 0 Å². The van der Waals surface area contributed by atoms with Gasteiger partial charge in [-0.05, 0) is 12.1 Å². The van der Waals surface area contributed by atoms with Crippen LogP contribution in [0.3, 0.4) is 0 Å².